The molecule has 0 spiro atoms. The standard InChI is InChI=1S/C44H52BN5O6S/c1-23(2)38(48-42(52)53-9)40(51)49-25(4)24(3)18-34(49)39-46-22-31(47-39)27-12-14-30-33-20-28-19-29(45-55-43(5,6)44(7,8)56-45)13-15-32(28)50(33)41(54-35(30)21-27)37-17-16-36(57-37)26-10-11-26/h12-17,19-26,34,38,41H,10-11,18H2,1-9H3,(H,46,47)(H,48,52)/t24-,25-,34+,38+,41?/m1/s1. The highest BCUT2D eigenvalue weighted by molar-refractivity contribution is 7.12. The molecule has 57 heavy (non-hydrogen) atoms. The van der Waals surface area contributed by atoms with Crippen LogP contribution in [0.2, 0.25) is 0 Å². The summed E-state index contributed by atoms with van der Waals surface area (Å²) >= 11 is 1.85. The lowest BCUT2D eigenvalue weighted by Crippen LogP contribution is -2.53. The van der Waals surface area contributed by atoms with Crippen LogP contribution >= 0.6 is 11.3 Å². The van der Waals surface area contributed by atoms with Crippen LogP contribution in [-0.2, 0) is 18.8 Å². The maximum atomic E-state index is 14.1. The van der Waals surface area contributed by atoms with Gasteiger partial charge in [0.1, 0.15) is 17.6 Å². The van der Waals surface area contributed by atoms with Gasteiger partial charge in [-0.1, -0.05) is 39.0 Å². The summed E-state index contributed by atoms with van der Waals surface area (Å²) in [4.78, 5) is 39.2. The number of rotatable bonds is 8. The molecule has 5 aromatic rings. The molecule has 11 nitrogen and oxygen atoms in total. The zero-order valence-electron chi connectivity index (χ0n) is 34.2. The first-order valence-corrected chi connectivity index (χ1v) is 21.1. The van der Waals surface area contributed by atoms with E-state index < -0.39 is 30.5 Å². The summed E-state index contributed by atoms with van der Waals surface area (Å²) < 4.78 is 27.1. The maximum absolute atomic E-state index is 14.1. The van der Waals surface area contributed by atoms with Crippen LogP contribution in [0.4, 0.5) is 4.79 Å². The summed E-state index contributed by atoms with van der Waals surface area (Å²) in [5, 5.41) is 3.86. The number of amides is 2. The van der Waals surface area contributed by atoms with E-state index in [2.05, 4.69) is 111 Å². The monoisotopic (exact) mass is 789 g/mol. The number of thiophene rings is 1. The number of nitrogens with zero attached hydrogens (tertiary/aromatic N) is 3. The first kappa shape index (κ1) is 38.0. The second-order valence-corrected chi connectivity index (χ2v) is 18.9. The van der Waals surface area contributed by atoms with Crippen LogP contribution in [-0.4, -0.2) is 68.9 Å². The van der Waals surface area contributed by atoms with Gasteiger partial charge in [-0.25, -0.2) is 9.78 Å². The predicted octanol–water partition coefficient (Wildman–Crippen LogP) is 8.55. The van der Waals surface area contributed by atoms with Crippen molar-refractivity contribution >= 4 is 46.8 Å². The van der Waals surface area contributed by atoms with Gasteiger partial charge < -0.3 is 34.0 Å². The largest absolute Gasteiger partial charge is 0.494 e. The molecule has 4 aliphatic rings. The predicted molar refractivity (Wildman–Crippen MR) is 223 cm³/mol. The van der Waals surface area contributed by atoms with Gasteiger partial charge in [0, 0.05) is 27.4 Å². The summed E-state index contributed by atoms with van der Waals surface area (Å²) in [7, 11) is 0.854. The van der Waals surface area contributed by atoms with Gasteiger partial charge in [-0.05, 0) is 113 Å². The molecule has 2 amide bonds. The summed E-state index contributed by atoms with van der Waals surface area (Å²) in [6.07, 6.45) is 4.13. The highest BCUT2D eigenvalue weighted by Crippen LogP contribution is 2.49. The Morgan fingerprint density at radius 2 is 1.74 bits per heavy atom. The molecule has 1 saturated carbocycles. The molecule has 1 unspecified atom stereocenters. The first-order valence-electron chi connectivity index (χ1n) is 20.3. The molecule has 0 radical (unpaired) electrons. The highest BCUT2D eigenvalue weighted by Gasteiger charge is 2.52. The molecule has 1 aliphatic carbocycles. The molecule has 2 N–H and O–H groups in total. The molecular weight excluding hydrogens is 737 g/mol. The Kier molecular flexibility index (Phi) is 9.17. The number of alkyl carbamates (subject to hydrolysis) is 1. The number of hydrogen-bond donors (Lipinski definition) is 2. The number of aromatic nitrogens is 3. The molecular formula is C44H52BN5O6S. The maximum Gasteiger partial charge on any atom is 0.494 e. The summed E-state index contributed by atoms with van der Waals surface area (Å²) in [6.45, 7) is 16.4. The number of H-pyrrole nitrogens is 1. The number of carbonyl (C=O) groups is 2. The fourth-order valence-corrected chi connectivity index (χ4v) is 9.82. The Labute approximate surface area is 338 Å². The van der Waals surface area contributed by atoms with Crippen molar-refractivity contribution in [2.24, 2.45) is 11.8 Å². The van der Waals surface area contributed by atoms with E-state index in [1.807, 2.05) is 36.3 Å². The van der Waals surface area contributed by atoms with Gasteiger partial charge in [-0.3, -0.25) is 9.36 Å². The minimum Gasteiger partial charge on any atom is -0.464 e. The van der Waals surface area contributed by atoms with Gasteiger partial charge in [-0.2, -0.15) is 0 Å². The first-order chi connectivity index (χ1) is 27.1. The van der Waals surface area contributed by atoms with E-state index in [0.717, 1.165) is 56.9 Å². The van der Waals surface area contributed by atoms with Crippen LogP contribution in [0, 0.1) is 11.8 Å². The number of ether oxygens (including phenoxy) is 2. The third-order valence-corrected chi connectivity index (χ3v) is 14.3. The van der Waals surface area contributed by atoms with Crippen molar-refractivity contribution in [3.8, 4) is 28.3 Å². The molecule has 0 bridgehead atoms. The summed E-state index contributed by atoms with van der Waals surface area (Å²) in [5.41, 5.74) is 5.09. The molecule has 9 rings (SSSR count). The third-order valence-electron chi connectivity index (χ3n) is 13.1. The van der Waals surface area contributed by atoms with Crippen molar-refractivity contribution < 1.29 is 28.4 Å². The number of aromatic amines is 1. The fourth-order valence-electron chi connectivity index (χ4n) is 8.62. The molecule has 3 fully saturated rings. The normalized spacial score (nSPS) is 24.0. The molecule has 13 heteroatoms. The SMILES string of the molecule is COC(=O)N[C@H](C(=O)N1[C@H](C)[C@H](C)C[C@H]1c1ncc(-c2ccc3c(c2)OC(c2ccc(C4CC4)s2)n2c-3cc3cc(B4OC(C)(C)C(C)(C)O4)ccc32)[nH]1)C(C)C. The number of fused-ring (bicyclic) bond motifs is 5. The van der Waals surface area contributed by atoms with E-state index in [0.29, 0.717) is 5.92 Å². The van der Waals surface area contributed by atoms with Crippen molar-refractivity contribution in [1.29, 1.82) is 0 Å². The number of carbonyl (C=O) groups excluding carboxylic acids is 2. The van der Waals surface area contributed by atoms with E-state index in [-0.39, 0.29) is 36.1 Å². The number of benzene rings is 2. The lowest BCUT2D eigenvalue weighted by molar-refractivity contribution is -0.137. The number of imidazole rings is 1. The van der Waals surface area contributed by atoms with Crippen molar-refractivity contribution in [2.45, 2.75) is 116 Å². The number of methoxy groups -OCH3 is 1. The summed E-state index contributed by atoms with van der Waals surface area (Å²) in [5.74, 6) is 2.14. The van der Waals surface area contributed by atoms with Gasteiger partial charge >= 0.3 is 13.2 Å². The lowest BCUT2D eigenvalue weighted by Gasteiger charge is -2.33. The van der Waals surface area contributed by atoms with Gasteiger partial charge in [0.15, 0.2) is 0 Å². The van der Waals surface area contributed by atoms with Crippen LogP contribution in [0.25, 0.3) is 33.4 Å². The van der Waals surface area contributed by atoms with E-state index in [1.54, 1.807) is 0 Å². The van der Waals surface area contributed by atoms with Crippen molar-refractivity contribution in [1.82, 2.24) is 24.8 Å². The van der Waals surface area contributed by atoms with E-state index in [4.69, 9.17) is 23.8 Å². The lowest BCUT2D eigenvalue weighted by atomic mass is 9.78. The number of likely N-dealkylation sites (tertiary alicyclic amines) is 1. The Morgan fingerprint density at radius 1 is 1.00 bits per heavy atom. The van der Waals surface area contributed by atoms with Crippen molar-refractivity contribution in [3.05, 3.63) is 76.4 Å². The smallest absolute Gasteiger partial charge is 0.464 e. The van der Waals surface area contributed by atoms with Gasteiger partial charge in [0.05, 0.1) is 52.3 Å². The molecule has 2 aromatic carbocycles. The van der Waals surface area contributed by atoms with Crippen LogP contribution < -0.4 is 15.5 Å². The Morgan fingerprint density at radius 3 is 2.44 bits per heavy atom. The van der Waals surface area contributed by atoms with Gasteiger partial charge in [-0.15, -0.1) is 11.3 Å². The van der Waals surface area contributed by atoms with Crippen LogP contribution in [0.3, 0.4) is 0 Å². The average Bonchev–Trinajstić information content (AvgIpc) is 3.50. The second kappa shape index (κ2) is 13.8. The number of nitrogens with one attached hydrogen (secondary N) is 2. The zero-order valence-corrected chi connectivity index (χ0v) is 35.0. The van der Waals surface area contributed by atoms with E-state index in [9.17, 15) is 9.59 Å². The van der Waals surface area contributed by atoms with Crippen molar-refractivity contribution in [2.75, 3.05) is 7.11 Å². The average molecular weight is 790 g/mol. The molecule has 5 atom stereocenters. The quantitative estimate of drug-likeness (QED) is 0.151. The Balaban J connectivity index is 1.06. The Bertz CT molecular complexity index is 2360. The zero-order chi connectivity index (χ0) is 40.1. The van der Waals surface area contributed by atoms with E-state index >= 15 is 0 Å². The molecule has 3 aliphatic heterocycles. The fraction of sp³-hybridized carbons (Fsp3) is 0.477. The Hall–Kier alpha value is -4.59. The van der Waals surface area contributed by atoms with Crippen molar-refractivity contribution in [3.63, 3.8) is 0 Å². The molecule has 6 heterocycles. The second-order valence-electron chi connectivity index (χ2n) is 17.8. The third kappa shape index (κ3) is 6.46. The molecule has 2 saturated heterocycles. The van der Waals surface area contributed by atoms with Gasteiger partial charge in [0.2, 0.25) is 12.1 Å². The topological polar surface area (TPSA) is 120 Å². The molecule has 3 aromatic heterocycles. The summed E-state index contributed by atoms with van der Waals surface area (Å²) in [6, 6.07) is 18.5. The minimum atomic E-state index is -0.720. The van der Waals surface area contributed by atoms with Crippen LogP contribution in [0.1, 0.15) is 108 Å². The highest BCUT2D eigenvalue weighted by atomic mass is 32.1. The molecule has 298 valence electrons. The van der Waals surface area contributed by atoms with Crippen LogP contribution in [0.15, 0.2) is 60.8 Å². The van der Waals surface area contributed by atoms with Crippen LogP contribution in [0.5, 0.6) is 5.75 Å². The number of hydrogen-bond acceptors (Lipinski definition) is 8. The minimum absolute atomic E-state index is 0.0387. The van der Waals surface area contributed by atoms with Gasteiger partial charge in [0.25, 0.3) is 0 Å². The van der Waals surface area contributed by atoms with E-state index in [1.165, 1.54) is 29.7 Å².